The fourth-order valence-corrected chi connectivity index (χ4v) is 3.05. The van der Waals surface area contributed by atoms with Crippen molar-refractivity contribution in [3.05, 3.63) is 15.3 Å². The molecule has 1 aliphatic carbocycles. The lowest BCUT2D eigenvalue weighted by molar-refractivity contribution is 0.217. The summed E-state index contributed by atoms with van der Waals surface area (Å²) in [6.07, 6.45) is 3.37. The standard InChI is InChI=1S/C10H17N3OS/c1-6-3-7(2)5-8(4-6)13-9(14)11-12-10(13)15/h6-8H,3-5H2,1-2H3,(H,11,14)(H,12,15). The molecular formula is C10H17N3OS. The summed E-state index contributed by atoms with van der Waals surface area (Å²) in [6.45, 7) is 4.49. The van der Waals surface area contributed by atoms with Crippen molar-refractivity contribution in [1.29, 1.82) is 0 Å². The maximum absolute atomic E-state index is 11.6. The lowest BCUT2D eigenvalue weighted by Gasteiger charge is -2.31. The first-order chi connectivity index (χ1) is 7.08. The molecule has 1 aliphatic rings. The van der Waals surface area contributed by atoms with Gasteiger partial charge in [0.2, 0.25) is 0 Å². The second-order valence-corrected chi connectivity index (χ2v) is 5.19. The summed E-state index contributed by atoms with van der Waals surface area (Å²) in [7, 11) is 0. The molecule has 1 heterocycles. The monoisotopic (exact) mass is 227 g/mol. The molecule has 0 radical (unpaired) electrons. The molecular weight excluding hydrogens is 210 g/mol. The maximum Gasteiger partial charge on any atom is 0.342 e. The first-order valence-corrected chi connectivity index (χ1v) is 5.88. The number of hydrogen-bond acceptors (Lipinski definition) is 2. The van der Waals surface area contributed by atoms with Crippen LogP contribution < -0.4 is 5.69 Å². The van der Waals surface area contributed by atoms with E-state index in [1.165, 1.54) is 6.42 Å². The molecule has 0 aliphatic heterocycles. The van der Waals surface area contributed by atoms with E-state index in [1.807, 2.05) is 0 Å². The first-order valence-electron chi connectivity index (χ1n) is 5.47. The minimum Gasteiger partial charge on any atom is -0.272 e. The van der Waals surface area contributed by atoms with Gasteiger partial charge in [0.25, 0.3) is 0 Å². The SMILES string of the molecule is CC1CC(C)CC(n2c(=O)[nH][nH]c2=S)C1. The number of H-pyrrole nitrogens is 2. The summed E-state index contributed by atoms with van der Waals surface area (Å²) in [6, 6.07) is 0.270. The summed E-state index contributed by atoms with van der Waals surface area (Å²) >= 11 is 5.11. The molecule has 2 atom stereocenters. The highest BCUT2D eigenvalue weighted by atomic mass is 32.1. The minimum absolute atomic E-state index is 0.105. The zero-order valence-electron chi connectivity index (χ0n) is 9.12. The zero-order valence-corrected chi connectivity index (χ0v) is 9.93. The van der Waals surface area contributed by atoms with Crippen molar-refractivity contribution >= 4 is 12.2 Å². The normalized spacial score (nSPS) is 31.7. The Hall–Kier alpha value is -0.840. The van der Waals surface area contributed by atoms with Crippen LogP contribution in [-0.4, -0.2) is 14.8 Å². The third-order valence-corrected chi connectivity index (χ3v) is 3.53. The summed E-state index contributed by atoms with van der Waals surface area (Å²) in [5.74, 6) is 1.35. The van der Waals surface area contributed by atoms with E-state index in [1.54, 1.807) is 4.57 Å². The van der Waals surface area contributed by atoms with Gasteiger partial charge >= 0.3 is 5.69 Å². The summed E-state index contributed by atoms with van der Waals surface area (Å²) in [5, 5.41) is 5.25. The van der Waals surface area contributed by atoms with Crippen LogP contribution in [0.15, 0.2) is 4.79 Å². The van der Waals surface area contributed by atoms with E-state index in [-0.39, 0.29) is 11.7 Å². The van der Waals surface area contributed by atoms with Gasteiger partial charge in [0.1, 0.15) is 0 Å². The number of hydrogen-bond donors (Lipinski definition) is 2. The van der Waals surface area contributed by atoms with E-state index in [4.69, 9.17) is 12.2 Å². The number of rotatable bonds is 1. The van der Waals surface area contributed by atoms with Gasteiger partial charge in [0, 0.05) is 6.04 Å². The predicted molar refractivity (Wildman–Crippen MR) is 61.5 cm³/mol. The molecule has 0 saturated heterocycles. The van der Waals surface area contributed by atoms with E-state index in [0.29, 0.717) is 16.6 Å². The Morgan fingerprint density at radius 1 is 1.20 bits per heavy atom. The van der Waals surface area contributed by atoms with Gasteiger partial charge < -0.3 is 0 Å². The van der Waals surface area contributed by atoms with Gasteiger partial charge in [-0.3, -0.25) is 9.67 Å². The lowest BCUT2D eigenvalue weighted by Crippen LogP contribution is -2.29. The van der Waals surface area contributed by atoms with Crippen LogP contribution in [0.2, 0.25) is 0 Å². The van der Waals surface area contributed by atoms with Crippen molar-refractivity contribution in [3.8, 4) is 0 Å². The Morgan fingerprint density at radius 2 is 1.80 bits per heavy atom. The van der Waals surface area contributed by atoms with Gasteiger partial charge in [-0.2, -0.15) is 0 Å². The minimum atomic E-state index is -0.105. The topological polar surface area (TPSA) is 53.6 Å². The number of aromatic amines is 2. The van der Waals surface area contributed by atoms with Crippen LogP contribution in [0.4, 0.5) is 0 Å². The Bertz CT molecular complexity index is 407. The molecule has 0 spiro atoms. The van der Waals surface area contributed by atoms with Crippen LogP contribution in [0, 0.1) is 16.6 Å². The van der Waals surface area contributed by atoms with Crippen LogP contribution in [0.3, 0.4) is 0 Å². The van der Waals surface area contributed by atoms with Gasteiger partial charge in [0.05, 0.1) is 0 Å². The number of nitrogens with zero attached hydrogens (tertiary/aromatic N) is 1. The van der Waals surface area contributed by atoms with Crippen molar-refractivity contribution in [1.82, 2.24) is 14.8 Å². The van der Waals surface area contributed by atoms with E-state index in [0.717, 1.165) is 12.8 Å². The Labute approximate surface area is 93.7 Å². The molecule has 2 rings (SSSR count). The van der Waals surface area contributed by atoms with Crippen LogP contribution in [0.25, 0.3) is 0 Å². The second kappa shape index (κ2) is 3.96. The summed E-state index contributed by atoms with van der Waals surface area (Å²) in [5.41, 5.74) is -0.105. The molecule has 84 valence electrons. The summed E-state index contributed by atoms with van der Waals surface area (Å²) in [4.78, 5) is 11.6. The average molecular weight is 227 g/mol. The van der Waals surface area contributed by atoms with Crippen LogP contribution in [-0.2, 0) is 0 Å². The van der Waals surface area contributed by atoms with Crippen LogP contribution in [0.5, 0.6) is 0 Å². The second-order valence-electron chi connectivity index (χ2n) is 4.80. The van der Waals surface area contributed by atoms with Crippen molar-refractivity contribution < 1.29 is 0 Å². The van der Waals surface area contributed by atoms with E-state index in [2.05, 4.69) is 24.0 Å². The van der Waals surface area contributed by atoms with E-state index in [9.17, 15) is 4.79 Å². The third-order valence-electron chi connectivity index (χ3n) is 3.23. The molecule has 2 N–H and O–H groups in total. The highest BCUT2D eigenvalue weighted by Crippen LogP contribution is 2.35. The van der Waals surface area contributed by atoms with Gasteiger partial charge in [-0.25, -0.2) is 9.89 Å². The summed E-state index contributed by atoms with van der Waals surface area (Å²) < 4.78 is 2.22. The highest BCUT2D eigenvalue weighted by Gasteiger charge is 2.26. The van der Waals surface area contributed by atoms with Crippen molar-refractivity contribution in [2.75, 3.05) is 0 Å². The fourth-order valence-electron chi connectivity index (χ4n) is 2.77. The van der Waals surface area contributed by atoms with E-state index >= 15 is 0 Å². The number of aromatic nitrogens is 3. The molecule has 5 heteroatoms. The predicted octanol–water partition coefficient (Wildman–Crippen LogP) is 2.23. The smallest absolute Gasteiger partial charge is 0.272 e. The van der Waals surface area contributed by atoms with Crippen LogP contribution in [0.1, 0.15) is 39.2 Å². The zero-order chi connectivity index (χ0) is 11.0. The molecule has 15 heavy (non-hydrogen) atoms. The van der Waals surface area contributed by atoms with Crippen molar-refractivity contribution in [2.24, 2.45) is 11.8 Å². The molecule has 0 aromatic carbocycles. The third kappa shape index (κ3) is 2.07. The van der Waals surface area contributed by atoms with Crippen LogP contribution >= 0.6 is 12.2 Å². The maximum atomic E-state index is 11.6. The molecule has 0 amide bonds. The first kappa shape index (κ1) is 10.7. The quantitative estimate of drug-likeness (QED) is 0.723. The van der Waals surface area contributed by atoms with E-state index < -0.39 is 0 Å². The lowest BCUT2D eigenvalue weighted by atomic mass is 9.80. The average Bonchev–Trinajstić information content (AvgIpc) is 2.44. The molecule has 1 saturated carbocycles. The Morgan fingerprint density at radius 3 is 2.27 bits per heavy atom. The Kier molecular flexibility index (Phi) is 2.82. The fraction of sp³-hybridized carbons (Fsp3) is 0.800. The van der Waals surface area contributed by atoms with Crippen molar-refractivity contribution in [3.63, 3.8) is 0 Å². The van der Waals surface area contributed by atoms with Gasteiger partial charge in [-0.15, -0.1) is 0 Å². The van der Waals surface area contributed by atoms with Gasteiger partial charge in [-0.05, 0) is 43.3 Å². The largest absolute Gasteiger partial charge is 0.342 e. The molecule has 1 aromatic rings. The molecule has 2 unspecified atom stereocenters. The highest BCUT2D eigenvalue weighted by molar-refractivity contribution is 7.71. The number of nitrogens with one attached hydrogen (secondary N) is 2. The van der Waals surface area contributed by atoms with Gasteiger partial charge in [0.15, 0.2) is 4.77 Å². The van der Waals surface area contributed by atoms with Gasteiger partial charge in [-0.1, -0.05) is 13.8 Å². The Balaban J connectivity index is 2.31. The molecule has 4 nitrogen and oxygen atoms in total. The molecule has 1 aromatic heterocycles. The molecule has 0 bridgehead atoms. The van der Waals surface area contributed by atoms with Crippen molar-refractivity contribution in [2.45, 2.75) is 39.2 Å². The molecule has 1 fully saturated rings.